The van der Waals surface area contributed by atoms with Crippen molar-refractivity contribution in [2.45, 2.75) is 6.18 Å². The van der Waals surface area contributed by atoms with Gasteiger partial charge in [0.05, 0.1) is 0 Å². The Labute approximate surface area is 91.8 Å². The maximum Gasteiger partial charge on any atom is 0.512 e. The molecule has 9 heteroatoms. The molecule has 1 N–H and O–H groups in total. The van der Waals surface area contributed by atoms with E-state index in [0.717, 1.165) is 7.11 Å². The third kappa shape index (κ3) is 2.68. The van der Waals surface area contributed by atoms with Crippen LogP contribution in [0.15, 0.2) is 16.9 Å². The Kier molecular flexibility index (Phi) is 3.30. The number of carboxylic acid groups (broad SMARTS) is 1. The molecule has 0 spiro atoms. The molecule has 1 rings (SSSR count). The van der Waals surface area contributed by atoms with Crippen molar-refractivity contribution in [2.75, 3.05) is 7.11 Å². The van der Waals surface area contributed by atoms with E-state index in [4.69, 9.17) is 5.11 Å². The molecule has 0 amide bonds. The summed E-state index contributed by atoms with van der Waals surface area (Å²) in [5.41, 5.74) is -3.05. The Morgan fingerprint density at radius 2 is 2.00 bits per heavy atom. The highest BCUT2D eigenvalue weighted by Crippen LogP contribution is 2.27. The number of hydrogen-bond acceptors (Lipinski definition) is 4. The van der Waals surface area contributed by atoms with Crippen molar-refractivity contribution in [3.63, 3.8) is 0 Å². The number of ether oxygens (including phenoxy) is 1. The maximum atomic E-state index is 12.3. The van der Waals surface area contributed by atoms with Crippen LogP contribution < -0.4 is 15.1 Å². The largest absolute Gasteiger partial charge is 0.512 e. The molecule has 0 bridgehead atoms. The third-order valence-electron chi connectivity index (χ3n) is 1.69. The van der Waals surface area contributed by atoms with Crippen LogP contribution in [0.4, 0.5) is 18.0 Å². The first-order valence-electron chi connectivity index (χ1n) is 4.06. The van der Waals surface area contributed by atoms with Crippen LogP contribution in [-0.2, 0) is 6.18 Å². The molecule has 0 aliphatic carbocycles. The van der Waals surface area contributed by atoms with Gasteiger partial charge in [0.15, 0.2) is 0 Å². The number of carbonyl (C=O) groups is 1. The van der Waals surface area contributed by atoms with E-state index in [2.05, 4.69) is 9.57 Å². The summed E-state index contributed by atoms with van der Waals surface area (Å²) in [6.45, 7) is 0. The monoisotopic (exact) mass is 253 g/mol. The van der Waals surface area contributed by atoms with Crippen molar-refractivity contribution in [3.05, 3.63) is 28.0 Å². The summed E-state index contributed by atoms with van der Waals surface area (Å²) in [5.74, 6) is -0.669. The van der Waals surface area contributed by atoms with Gasteiger partial charge in [-0.25, -0.2) is 4.79 Å². The van der Waals surface area contributed by atoms with Crippen LogP contribution >= 0.6 is 0 Å². The SMILES string of the molecule is COn1c(OC(=O)O)ccc(C(F)(F)F)c1=O. The maximum absolute atomic E-state index is 12.3. The van der Waals surface area contributed by atoms with Crippen LogP contribution in [0.1, 0.15) is 5.56 Å². The molecule has 94 valence electrons. The number of rotatable bonds is 2. The molecule has 1 aromatic rings. The van der Waals surface area contributed by atoms with Crippen molar-refractivity contribution < 1.29 is 32.6 Å². The molecule has 0 aliphatic rings. The van der Waals surface area contributed by atoms with Gasteiger partial charge in [0.2, 0.25) is 5.88 Å². The van der Waals surface area contributed by atoms with Crippen molar-refractivity contribution in [3.8, 4) is 5.88 Å². The fourth-order valence-electron chi connectivity index (χ4n) is 1.06. The smallest absolute Gasteiger partial charge is 0.449 e. The zero-order chi connectivity index (χ0) is 13.2. The van der Waals surface area contributed by atoms with Gasteiger partial charge in [-0.2, -0.15) is 13.2 Å². The van der Waals surface area contributed by atoms with Gasteiger partial charge in [0.1, 0.15) is 12.7 Å². The summed E-state index contributed by atoms with van der Waals surface area (Å²) >= 11 is 0. The Bertz CT molecular complexity index is 493. The summed E-state index contributed by atoms with van der Waals surface area (Å²) < 4.78 is 41.2. The highest BCUT2D eigenvalue weighted by Gasteiger charge is 2.35. The van der Waals surface area contributed by atoms with Crippen molar-refractivity contribution in [1.82, 2.24) is 4.73 Å². The van der Waals surface area contributed by atoms with Crippen LogP contribution in [-0.4, -0.2) is 23.1 Å². The quantitative estimate of drug-likeness (QED) is 0.795. The molecule has 0 aromatic carbocycles. The number of alkyl halides is 3. The Morgan fingerprint density at radius 1 is 1.41 bits per heavy atom. The molecular weight excluding hydrogens is 247 g/mol. The average molecular weight is 253 g/mol. The molecule has 0 saturated carbocycles. The number of hydrogen-bond donors (Lipinski definition) is 1. The molecule has 0 unspecified atom stereocenters. The van der Waals surface area contributed by atoms with E-state index >= 15 is 0 Å². The molecule has 0 aliphatic heterocycles. The van der Waals surface area contributed by atoms with Gasteiger partial charge in [-0.05, 0) is 6.07 Å². The van der Waals surface area contributed by atoms with Crippen molar-refractivity contribution in [2.24, 2.45) is 0 Å². The standard InChI is InChI=1S/C8H6F3NO5/c1-16-12-5(17-7(14)15)3-2-4(6(12)13)8(9,10)11/h2-3H,1H3,(H,14,15). The molecule has 0 atom stereocenters. The van der Waals surface area contributed by atoms with Gasteiger partial charge in [-0.3, -0.25) is 4.79 Å². The minimum Gasteiger partial charge on any atom is -0.449 e. The second kappa shape index (κ2) is 4.36. The van der Waals surface area contributed by atoms with Gasteiger partial charge in [0, 0.05) is 6.07 Å². The molecule has 1 heterocycles. The normalized spacial score (nSPS) is 11.1. The van der Waals surface area contributed by atoms with Crippen LogP contribution in [0.25, 0.3) is 0 Å². The van der Waals surface area contributed by atoms with Gasteiger partial charge in [-0.1, -0.05) is 0 Å². The predicted octanol–water partition coefficient (Wildman–Crippen LogP) is 0.982. The summed E-state index contributed by atoms with van der Waals surface area (Å²) in [6.07, 6.45) is -6.64. The summed E-state index contributed by atoms with van der Waals surface area (Å²) in [6, 6.07) is 1.08. The lowest BCUT2D eigenvalue weighted by molar-refractivity contribution is -0.139. The molecule has 0 saturated heterocycles. The topological polar surface area (TPSA) is 77.8 Å². The third-order valence-corrected chi connectivity index (χ3v) is 1.69. The number of aromatic nitrogens is 1. The highest BCUT2D eigenvalue weighted by molar-refractivity contribution is 5.60. The van der Waals surface area contributed by atoms with E-state index in [1.807, 2.05) is 0 Å². The Hall–Kier alpha value is -2.19. The number of nitrogens with zero attached hydrogens (tertiary/aromatic N) is 1. The Morgan fingerprint density at radius 3 is 2.41 bits per heavy atom. The van der Waals surface area contributed by atoms with Gasteiger partial charge >= 0.3 is 12.3 Å². The average Bonchev–Trinajstić information content (AvgIpc) is 2.15. The zero-order valence-corrected chi connectivity index (χ0v) is 8.32. The van der Waals surface area contributed by atoms with E-state index in [0.29, 0.717) is 12.1 Å². The van der Waals surface area contributed by atoms with Crippen molar-refractivity contribution in [1.29, 1.82) is 0 Å². The number of halogens is 3. The molecule has 1 aromatic heterocycles. The molecule has 0 radical (unpaired) electrons. The first-order chi connectivity index (χ1) is 7.77. The van der Waals surface area contributed by atoms with E-state index in [9.17, 15) is 22.8 Å². The van der Waals surface area contributed by atoms with Crippen LogP contribution in [0, 0.1) is 0 Å². The fraction of sp³-hybridized carbons (Fsp3) is 0.250. The van der Waals surface area contributed by atoms with Crippen LogP contribution in [0.3, 0.4) is 0 Å². The summed E-state index contributed by atoms with van der Waals surface area (Å²) in [4.78, 5) is 25.8. The van der Waals surface area contributed by atoms with Gasteiger partial charge in [-0.15, -0.1) is 4.73 Å². The van der Waals surface area contributed by atoms with E-state index in [1.165, 1.54) is 0 Å². The van der Waals surface area contributed by atoms with Gasteiger partial charge in [0.25, 0.3) is 5.56 Å². The minimum absolute atomic E-state index is 0.0942. The molecule has 0 fully saturated rings. The first kappa shape index (κ1) is 12.9. The second-order valence-electron chi connectivity index (χ2n) is 2.73. The molecular formula is C8H6F3NO5. The Balaban J connectivity index is 3.38. The molecule has 6 nitrogen and oxygen atoms in total. The fourth-order valence-corrected chi connectivity index (χ4v) is 1.06. The summed E-state index contributed by atoms with van der Waals surface area (Å²) in [7, 11) is 0.899. The number of pyridine rings is 1. The first-order valence-corrected chi connectivity index (χ1v) is 4.06. The van der Waals surface area contributed by atoms with Crippen molar-refractivity contribution >= 4 is 6.16 Å². The van der Waals surface area contributed by atoms with E-state index < -0.39 is 29.3 Å². The lowest BCUT2D eigenvalue weighted by atomic mass is 10.3. The highest BCUT2D eigenvalue weighted by atomic mass is 19.4. The van der Waals surface area contributed by atoms with Gasteiger partial charge < -0.3 is 14.7 Å². The lowest BCUT2D eigenvalue weighted by Crippen LogP contribution is -2.32. The minimum atomic E-state index is -4.86. The van der Waals surface area contributed by atoms with Crippen LogP contribution in [0.5, 0.6) is 5.88 Å². The zero-order valence-electron chi connectivity index (χ0n) is 8.32. The molecule has 17 heavy (non-hydrogen) atoms. The predicted molar refractivity (Wildman–Crippen MR) is 46.9 cm³/mol. The van der Waals surface area contributed by atoms with E-state index in [-0.39, 0.29) is 4.73 Å². The van der Waals surface area contributed by atoms with Crippen LogP contribution in [0.2, 0.25) is 0 Å². The second-order valence-corrected chi connectivity index (χ2v) is 2.73. The van der Waals surface area contributed by atoms with E-state index in [1.54, 1.807) is 0 Å². The lowest BCUT2D eigenvalue weighted by Gasteiger charge is -2.12. The summed E-state index contributed by atoms with van der Waals surface area (Å²) in [5, 5.41) is 8.29.